The molecule has 0 aliphatic rings. The lowest BCUT2D eigenvalue weighted by molar-refractivity contribution is 0.104. The minimum Gasteiger partial charge on any atom is -0.506 e. The molecule has 0 radical (unpaired) electrons. The van der Waals surface area contributed by atoms with Crippen molar-refractivity contribution in [3.8, 4) is 5.75 Å². The molecule has 1 N–H and O–H groups in total. The third-order valence-corrected chi connectivity index (χ3v) is 3.36. The van der Waals surface area contributed by atoms with E-state index in [2.05, 4.69) is 0 Å². The first-order chi connectivity index (χ1) is 9.47. The summed E-state index contributed by atoms with van der Waals surface area (Å²) >= 11 is 17.4. The molecular formula is C15H9Cl3O2. The van der Waals surface area contributed by atoms with Crippen molar-refractivity contribution in [3.05, 3.63) is 68.7 Å². The Morgan fingerprint density at radius 1 is 1.00 bits per heavy atom. The Hall–Kier alpha value is -1.48. The fourth-order valence-corrected chi connectivity index (χ4v) is 2.22. The number of ketones is 1. The van der Waals surface area contributed by atoms with E-state index >= 15 is 0 Å². The standard InChI is InChI=1S/C15H9Cl3O2/c16-11-4-1-9(2-5-11)14(19)6-3-10-7-12(17)8-13(18)15(10)20/h1-8,20H. The second-order valence-electron chi connectivity index (χ2n) is 4.03. The van der Waals surface area contributed by atoms with Gasteiger partial charge in [0.15, 0.2) is 5.78 Å². The Kier molecular flexibility index (Phi) is 4.71. The molecule has 0 atom stereocenters. The van der Waals surface area contributed by atoms with E-state index in [1.54, 1.807) is 24.3 Å². The van der Waals surface area contributed by atoms with Crippen LogP contribution in [0.25, 0.3) is 6.08 Å². The second-order valence-corrected chi connectivity index (χ2v) is 5.31. The highest BCUT2D eigenvalue weighted by molar-refractivity contribution is 6.36. The van der Waals surface area contributed by atoms with Gasteiger partial charge in [-0.15, -0.1) is 0 Å². The molecule has 102 valence electrons. The lowest BCUT2D eigenvalue weighted by Crippen LogP contribution is -1.93. The Balaban J connectivity index is 2.25. The molecule has 0 bridgehead atoms. The molecule has 0 aliphatic heterocycles. The third kappa shape index (κ3) is 3.54. The fraction of sp³-hybridized carbons (Fsp3) is 0. The first kappa shape index (κ1) is 14.9. The third-order valence-electron chi connectivity index (χ3n) is 2.60. The number of benzene rings is 2. The van der Waals surface area contributed by atoms with Crippen LogP contribution in [0.4, 0.5) is 0 Å². The predicted octanol–water partition coefficient (Wildman–Crippen LogP) is 5.25. The monoisotopic (exact) mass is 326 g/mol. The van der Waals surface area contributed by atoms with Crippen molar-refractivity contribution in [1.29, 1.82) is 0 Å². The normalized spacial score (nSPS) is 10.9. The molecule has 0 unspecified atom stereocenters. The van der Waals surface area contributed by atoms with Gasteiger partial charge in [-0.1, -0.05) is 34.8 Å². The fourth-order valence-electron chi connectivity index (χ4n) is 1.59. The minimum absolute atomic E-state index is 0.115. The molecular weight excluding hydrogens is 319 g/mol. The molecule has 2 aromatic carbocycles. The average molecular weight is 328 g/mol. The van der Waals surface area contributed by atoms with Gasteiger partial charge in [0.1, 0.15) is 5.75 Å². The predicted molar refractivity (Wildman–Crippen MR) is 82.9 cm³/mol. The SMILES string of the molecule is O=C(C=Cc1cc(Cl)cc(Cl)c1O)c1ccc(Cl)cc1. The number of phenols is 1. The summed E-state index contributed by atoms with van der Waals surface area (Å²) in [6.07, 6.45) is 2.80. The lowest BCUT2D eigenvalue weighted by atomic mass is 10.1. The van der Waals surface area contributed by atoms with Crippen LogP contribution in [0.15, 0.2) is 42.5 Å². The zero-order chi connectivity index (χ0) is 14.7. The highest BCUT2D eigenvalue weighted by Crippen LogP contribution is 2.32. The van der Waals surface area contributed by atoms with Crippen LogP contribution in [0.3, 0.4) is 0 Å². The number of carbonyl (C=O) groups excluding carboxylic acids is 1. The largest absolute Gasteiger partial charge is 0.506 e. The lowest BCUT2D eigenvalue weighted by Gasteiger charge is -2.02. The van der Waals surface area contributed by atoms with Crippen LogP contribution in [0.1, 0.15) is 15.9 Å². The van der Waals surface area contributed by atoms with Gasteiger partial charge in [0.25, 0.3) is 0 Å². The van der Waals surface area contributed by atoms with Crippen LogP contribution in [-0.2, 0) is 0 Å². The number of aromatic hydroxyl groups is 1. The summed E-state index contributed by atoms with van der Waals surface area (Å²) in [5.74, 6) is -0.326. The number of halogens is 3. The molecule has 0 heterocycles. The molecule has 5 heteroatoms. The Bertz CT molecular complexity index is 676. The van der Waals surface area contributed by atoms with Crippen LogP contribution in [0.2, 0.25) is 15.1 Å². The highest BCUT2D eigenvalue weighted by atomic mass is 35.5. The Labute approximate surface area is 131 Å². The van der Waals surface area contributed by atoms with Crippen molar-refractivity contribution in [2.45, 2.75) is 0 Å². The summed E-state index contributed by atoms with van der Waals surface area (Å²) in [4.78, 5) is 11.9. The summed E-state index contributed by atoms with van der Waals surface area (Å²) in [5.41, 5.74) is 0.878. The topological polar surface area (TPSA) is 37.3 Å². The van der Waals surface area contributed by atoms with E-state index in [-0.39, 0.29) is 16.6 Å². The van der Waals surface area contributed by atoms with E-state index in [0.717, 1.165) is 0 Å². The van der Waals surface area contributed by atoms with Crippen LogP contribution >= 0.6 is 34.8 Å². The molecule has 2 rings (SSSR count). The van der Waals surface area contributed by atoms with Crippen molar-refractivity contribution in [3.63, 3.8) is 0 Å². The molecule has 20 heavy (non-hydrogen) atoms. The van der Waals surface area contributed by atoms with Crippen LogP contribution in [0, 0.1) is 0 Å². The van der Waals surface area contributed by atoms with E-state index in [4.69, 9.17) is 34.8 Å². The van der Waals surface area contributed by atoms with E-state index in [9.17, 15) is 9.90 Å². The van der Waals surface area contributed by atoms with Crippen molar-refractivity contribution in [2.24, 2.45) is 0 Å². The molecule has 2 aromatic rings. The summed E-state index contributed by atoms with van der Waals surface area (Å²) in [6, 6.07) is 9.47. The first-order valence-electron chi connectivity index (χ1n) is 5.63. The van der Waals surface area contributed by atoms with Gasteiger partial charge >= 0.3 is 0 Å². The summed E-state index contributed by atoms with van der Waals surface area (Å²) in [5, 5.41) is 10.8. The number of allylic oxidation sites excluding steroid dienone is 1. The quantitative estimate of drug-likeness (QED) is 0.617. The minimum atomic E-state index is -0.211. The summed E-state index contributed by atoms with van der Waals surface area (Å²) < 4.78 is 0. The maximum absolute atomic E-state index is 11.9. The second kappa shape index (κ2) is 6.31. The molecule has 0 fully saturated rings. The zero-order valence-corrected chi connectivity index (χ0v) is 12.4. The Morgan fingerprint density at radius 2 is 1.65 bits per heavy atom. The van der Waals surface area contributed by atoms with Crippen molar-refractivity contribution in [2.75, 3.05) is 0 Å². The first-order valence-corrected chi connectivity index (χ1v) is 6.77. The van der Waals surface area contributed by atoms with Crippen LogP contribution in [0.5, 0.6) is 5.75 Å². The molecule has 0 saturated carbocycles. The van der Waals surface area contributed by atoms with Crippen molar-refractivity contribution >= 4 is 46.7 Å². The van der Waals surface area contributed by atoms with Gasteiger partial charge in [-0.2, -0.15) is 0 Å². The summed E-state index contributed by atoms with van der Waals surface area (Å²) in [7, 11) is 0. The van der Waals surface area contributed by atoms with Crippen LogP contribution in [-0.4, -0.2) is 10.9 Å². The number of hydrogen-bond acceptors (Lipinski definition) is 2. The van der Waals surface area contributed by atoms with Gasteiger partial charge in [-0.05, 0) is 48.6 Å². The number of hydrogen-bond donors (Lipinski definition) is 1. The summed E-state index contributed by atoms with van der Waals surface area (Å²) in [6.45, 7) is 0. The average Bonchev–Trinajstić information content (AvgIpc) is 2.41. The molecule has 0 aromatic heterocycles. The van der Waals surface area contributed by atoms with E-state index in [0.29, 0.717) is 21.2 Å². The Morgan fingerprint density at radius 3 is 2.30 bits per heavy atom. The maximum atomic E-state index is 11.9. The van der Waals surface area contributed by atoms with Crippen molar-refractivity contribution in [1.82, 2.24) is 0 Å². The van der Waals surface area contributed by atoms with Gasteiger partial charge in [0.2, 0.25) is 0 Å². The molecule has 0 saturated heterocycles. The zero-order valence-electron chi connectivity index (χ0n) is 10.1. The van der Waals surface area contributed by atoms with E-state index in [1.807, 2.05) is 0 Å². The molecule has 0 aliphatic carbocycles. The van der Waals surface area contributed by atoms with E-state index < -0.39 is 0 Å². The number of rotatable bonds is 3. The van der Waals surface area contributed by atoms with Crippen molar-refractivity contribution < 1.29 is 9.90 Å². The van der Waals surface area contributed by atoms with E-state index in [1.165, 1.54) is 24.3 Å². The van der Waals surface area contributed by atoms with Gasteiger partial charge in [-0.3, -0.25) is 4.79 Å². The molecule has 0 spiro atoms. The van der Waals surface area contributed by atoms with Crippen LogP contribution < -0.4 is 0 Å². The smallest absolute Gasteiger partial charge is 0.185 e. The molecule has 2 nitrogen and oxygen atoms in total. The van der Waals surface area contributed by atoms with Gasteiger partial charge in [0.05, 0.1) is 5.02 Å². The van der Waals surface area contributed by atoms with Gasteiger partial charge in [0, 0.05) is 21.2 Å². The maximum Gasteiger partial charge on any atom is 0.185 e. The number of carbonyl (C=O) groups is 1. The van der Waals surface area contributed by atoms with Gasteiger partial charge < -0.3 is 5.11 Å². The molecule has 0 amide bonds. The number of phenolic OH excluding ortho intramolecular Hbond substituents is 1. The highest BCUT2D eigenvalue weighted by Gasteiger charge is 2.06. The van der Waals surface area contributed by atoms with Gasteiger partial charge in [-0.25, -0.2) is 0 Å².